The van der Waals surface area contributed by atoms with Crippen LogP contribution < -0.4 is 0 Å². The second kappa shape index (κ2) is 6.12. The van der Waals surface area contributed by atoms with E-state index in [1.807, 2.05) is 0 Å². The van der Waals surface area contributed by atoms with Gasteiger partial charge in [0.25, 0.3) is 0 Å². The Morgan fingerprint density at radius 2 is 1.94 bits per heavy atom. The lowest BCUT2D eigenvalue weighted by Gasteiger charge is -2.27. The van der Waals surface area contributed by atoms with E-state index in [4.69, 9.17) is 0 Å². The van der Waals surface area contributed by atoms with Crippen molar-refractivity contribution in [3.8, 4) is 0 Å². The average molecular weight is 221 g/mol. The summed E-state index contributed by atoms with van der Waals surface area (Å²) in [7, 11) is 2.11. The maximum atomic E-state index is 2.41. The molecule has 0 aliphatic rings. The van der Waals surface area contributed by atoms with E-state index in [9.17, 15) is 0 Å². The van der Waals surface area contributed by atoms with Crippen LogP contribution in [0.15, 0.2) is 18.5 Å². The van der Waals surface area contributed by atoms with Gasteiger partial charge in [0.15, 0.2) is 0 Å². The first-order chi connectivity index (χ1) is 7.62. The number of hydrogen-bond donors (Lipinski definition) is 0. The maximum absolute atomic E-state index is 2.41. The summed E-state index contributed by atoms with van der Waals surface area (Å²) in [5.41, 5.74) is 1.89. The van der Waals surface area contributed by atoms with E-state index in [2.05, 4.69) is 50.8 Å². The van der Waals surface area contributed by atoms with Gasteiger partial charge in [-0.05, 0) is 29.9 Å². The largest absolute Gasteiger partial charge is 0.357 e. The minimum Gasteiger partial charge on any atom is -0.357 e. The third kappa shape index (κ3) is 3.40. The summed E-state index contributed by atoms with van der Waals surface area (Å²) >= 11 is 0. The zero-order valence-corrected chi connectivity index (χ0v) is 11.4. The molecule has 1 atom stereocenters. The first-order valence-electron chi connectivity index (χ1n) is 6.75. The number of aryl methyl sites for hydroxylation is 1. The molecule has 1 rings (SSSR count). The standard InChI is InChI=1S/C15H27N/c1-5-7-8-9-11-15(3,6-2)14-10-12-16(4)13-14/h10,12-13H,5-9,11H2,1-4H3. The first-order valence-corrected chi connectivity index (χ1v) is 6.75. The van der Waals surface area contributed by atoms with E-state index in [-0.39, 0.29) is 0 Å². The quantitative estimate of drug-likeness (QED) is 0.590. The lowest BCUT2D eigenvalue weighted by Crippen LogP contribution is -2.20. The van der Waals surface area contributed by atoms with Crippen LogP contribution in [0, 0.1) is 0 Å². The van der Waals surface area contributed by atoms with Gasteiger partial charge < -0.3 is 4.57 Å². The summed E-state index contributed by atoms with van der Waals surface area (Å²) in [6, 6.07) is 2.28. The van der Waals surface area contributed by atoms with E-state index in [1.54, 1.807) is 0 Å². The Kier molecular flexibility index (Phi) is 5.11. The lowest BCUT2D eigenvalue weighted by atomic mass is 9.77. The molecule has 0 aromatic carbocycles. The molecule has 1 aromatic rings. The van der Waals surface area contributed by atoms with E-state index in [0.717, 1.165) is 0 Å². The van der Waals surface area contributed by atoms with Crippen LogP contribution in [0.4, 0.5) is 0 Å². The molecule has 1 unspecified atom stereocenters. The van der Waals surface area contributed by atoms with Gasteiger partial charge in [-0.15, -0.1) is 0 Å². The Hall–Kier alpha value is -0.720. The van der Waals surface area contributed by atoms with Gasteiger partial charge in [-0.1, -0.05) is 46.5 Å². The van der Waals surface area contributed by atoms with Gasteiger partial charge in [-0.25, -0.2) is 0 Å². The zero-order valence-electron chi connectivity index (χ0n) is 11.4. The average Bonchev–Trinajstić information content (AvgIpc) is 2.71. The minimum absolute atomic E-state index is 0.384. The fourth-order valence-electron chi connectivity index (χ4n) is 2.33. The highest BCUT2D eigenvalue weighted by Gasteiger charge is 2.24. The number of hydrogen-bond acceptors (Lipinski definition) is 0. The lowest BCUT2D eigenvalue weighted by molar-refractivity contribution is 0.396. The van der Waals surface area contributed by atoms with Crippen LogP contribution in [-0.4, -0.2) is 4.57 Å². The Bertz CT molecular complexity index is 300. The maximum Gasteiger partial charge on any atom is 0.0106 e. The highest BCUT2D eigenvalue weighted by Crippen LogP contribution is 2.33. The molecule has 0 saturated heterocycles. The predicted molar refractivity (Wildman–Crippen MR) is 71.8 cm³/mol. The smallest absolute Gasteiger partial charge is 0.0106 e. The first kappa shape index (κ1) is 13.3. The van der Waals surface area contributed by atoms with Crippen LogP contribution in [0.3, 0.4) is 0 Å². The molecule has 0 fully saturated rings. The van der Waals surface area contributed by atoms with Gasteiger partial charge in [-0.2, -0.15) is 0 Å². The third-order valence-corrected chi connectivity index (χ3v) is 3.89. The van der Waals surface area contributed by atoms with Gasteiger partial charge in [0, 0.05) is 19.4 Å². The van der Waals surface area contributed by atoms with Crippen molar-refractivity contribution in [3.63, 3.8) is 0 Å². The van der Waals surface area contributed by atoms with Crippen molar-refractivity contribution >= 4 is 0 Å². The van der Waals surface area contributed by atoms with Crippen LogP contribution in [-0.2, 0) is 12.5 Å². The van der Waals surface area contributed by atoms with Crippen molar-refractivity contribution < 1.29 is 0 Å². The van der Waals surface area contributed by atoms with Crippen molar-refractivity contribution in [3.05, 3.63) is 24.0 Å². The molecule has 16 heavy (non-hydrogen) atoms. The van der Waals surface area contributed by atoms with Gasteiger partial charge in [0.05, 0.1) is 0 Å². The number of aromatic nitrogens is 1. The molecule has 0 radical (unpaired) electrons. The Morgan fingerprint density at radius 3 is 2.44 bits per heavy atom. The number of rotatable bonds is 7. The number of nitrogens with zero attached hydrogens (tertiary/aromatic N) is 1. The highest BCUT2D eigenvalue weighted by atomic mass is 14.9. The van der Waals surface area contributed by atoms with Crippen LogP contribution in [0.5, 0.6) is 0 Å². The molecule has 0 aliphatic heterocycles. The summed E-state index contributed by atoms with van der Waals surface area (Å²) in [6.45, 7) is 7.00. The second-order valence-electron chi connectivity index (χ2n) is 5.29. The molecule has 1 nitrogen and oxygen atoms in total. The molecule has 0 bridgehead atoms. The molecule has 0 N–H and O–H groups in total. The number of unbranched alkanes of at least 4 members (excludes halogenated alkanes) is 3. The van der Waals surface area contributed by atoms with Gasteiger partial charge in [0.1, 0.15) is 0 Å². The topological polar surface area (TPSA) is 4.93 Å². The van der Waals surface area contributed by atoms with Crippen LogP contribution >= 0.6 is 0 Å². The summed E-state index contributed by atoms with van der Waals surface area (Å²) < 4.78 is 2.16. The molecule has 0 spiro atoms. The monoisotopic (exact) mass is 221 g/mol. The van der Waals surface area contributed by atoms with Crippen molar-refractivity contribution in [2.75, 3.05) is 0 Å². The van der Waals surface area contributed by atoms with Crippen LogP contribution in [0.25, 0.3) is 0 Å². The second-order valence-corrected chi connectivity index (χ2v) is 5.29. The minimum atomic E-state index is 0.384. The molecule has 1 heteroatoms. The molecule has 92 valence electrons. The van der Waals surface area contributed by atoms with Crippen LogP contribution in [0.1, 0.15) is 64.9 Å². The molecular weight excluding hydrogens is 194 g/mol. The molecule has 0 aliphatic carbocycles. The zero-order chi connectivity index (χ0) is 12.0. The SMILES string of the molecule is CCCCCCC(C)(CC)c1ccn(C)c1. The Labute approximate surface area is 101 Å². The molecule has 0 amide bonds. The molecule has 1 aromatic heterocycles. The fourth-order valence-corrected chi connectivity index (χ4v) is 2.33. The van der Waals surface area contributed by atoms with Gasteiger partial charge in [0.2, 0.25) is 0 Å². The van der Waals surface area contributed by atoms with E-state index < -0.39 is 0 Å². The molecule has 0 saturated carbocycles. The van der Waals surface area contributed by atoms with E-state index in [1.165, 1.54) is 44.1 Å². The van der Waals surface area contributed by atoms with E-state index in [0.29, 0.717) is 5.41 Å². The fraction of sp³-hybridized carbons (Fsp3) is 0.733. The van der Waals surface area contributed by atoms with Crippen LogP contribution in [0.2, 0.25) is 0 Å². The normalized spacial score (nSPS) is 15.0. The van der Waals surface area contributed by atoms with Crippen molar-refractivity contribution in [2.45, 2.75) is 64.7 Å². The predicted octanol–water partition coefficient (Wildman–Crippen LogP) is 4.66. The Balaban J connectivity index is 2.56. The molecule has 1 heterocycles. The summed E-state index contributed by atoms with van der Waals surface area (Å²) in [5.74, 6) is 0. The van der Waals surface area contributed by atoms with E-state index >= 15 is 0 Å². The van der Waals surface area contributed by atoms with Crippen molar-refractivity contribution in [1.82, 2.24) is 4.57 Å². The third-order valence-electron chi connectivity index (χ3n) is 3.89. The van der Waals surface area contributed by atoms with Crippen molar-refractivity contribution in [1.29, 1.82) is 0 Å². The Morgan fingerprint density at radius 1 is 1.19 bits per heavy atom. The molecular formula is C15H27N. The highest BCUT2D eigenvalue weighted by molar-refractivity contribution is 5.21. The summed E-state index contributed by atoms with van der Waals surface area (Å²) in [4.78, 5) is 0. The van der Waals surface area contributed by atoms with Crippen molar-refractivity contribution in [2.24, 2.45) is 7.05 Å². The van der Waals surface area contributed by atoms with Gasteiger partial charge >= 0.3 is 0 Å². The van der Waals surface area contributed by atoms with Gasteiger partial charge in [-0.3, -0.25) is 0 Å². The summed E-state index contributed by atoms with van der Waals surface area (Å²) in [5, 5.41) is 0. The summed E-state index contributed by atoms with van der Waals surface area (Å²) in [6.07, 6.45) is 12.5.